The Bertz CT molecular complexity index is 1260. The van der Waals surface area contributed by atoms with Crippen LogP contribution < -0.4 is 23.8 Å². The molecule has 0 aliphatic heterocycles. The predicted molar refractivity (Wildman–Crippen MR) is 135 cm³/mol. The fourth-order valence-electron chi connectivity index (χ4n) is 3.36. The number of nitrogens with one attached hydrogen (secondary N) is 1. The number of rotatable bonds is 11. The van der Waals surface area contributed by atoms with Crippen LogP contribution in [0.15, 0.2) is 71.6 Å². The zero-order chi connectivity index (χ0) is 25.4. The number of anilines is 1. The number of ether oxygens (including phenoxy) is 3. The van der Waals surface area contributed by atoms with Crippen LogP contribution in [0, 0.1) is 13.8 Å². The Morgan fingerprint density at radius 1 is 0.886 bits per heavy atom. The lowest BCUT2D eigenvalue weighted by molar-refractivity contribution is -0.119. The summed E-state index contributed by atoms with van der Waals surface area (Å²) in [5.41, 5.74) is 2.55. The Morgan fingerprint density at radius 2 is 1.60 bits per heavy atom. The van der Waals surface area contributed by atoms with Gasteiger partial charge in [-0.1, -0.05) is 24.3 Å². The van der Waals surface area contributed by atoms with E-state index in [1.165, 1.54) is 38.0 Å². The standard InChI is InChI=1S/C26H30N2O6S/c1-19-10-12-22(16-20(19)2)34-15-14-27-26(29)18-28(35(30,31)23-8-6-5-7-9-23)21-11-13-24(32-3)25(17-21)33-4/h5-13,16-17H,14-15,18H2,1-4H3,(H,27,29). The van der Waals surface area contributed by atoms with E-state index in [1.54, 1.807) is 30.3 Å². The Labute approximate surface area is 206 Å². The number of carbonyl (C=O) groups is 1. The molecule has 1 N–H and O–H groups in total. The van der Waals surface area contributed by atoms with E-state index < -0.39 is 22.5 Å². The maximum atomic E-state index is 13.4. The van der Waals surface area contributed by atoms with E-state index in [9.17, 15) is 13.2 Å². The van der Waals surface area contributed by atoms with Crippen LogP contribution in [0.1, 0.15) is 11.1 Å². The molecular formula is C26H30N2O6S. The van der Waals surface area contributed by atoms with Crippen molar-refractivity contribution in [3.05, 3.63) is 77.9 Å². The Hall–Kier alpha value is -3.72. The number of nitrogens with zero attached hydrogens (tertiary/aromatic N) is 1. The van der Waals surface area contributed by atoms with Crippen molar-refractivity contribution in [3.63, 3.8) is 0 Å². The summed E-state index contributed by atoms with van der Waals surface area (Å²) < 4.78 is 44.2. The van der Waals surface area contributed by atoms with Crippen LogP contribution in [0.2, 0.25) is 0 Å². The van der Waals surface area contributed by atoms with Gasteiger partial charge in [0.2, 0.25) is 5.91 Å². The quantitative estimate of drug-likeness (QED) is 0.405. The van der Waals surface area contributed by atoms with E-state index in [4.69, 9.17) is 14.2 Å². The van der Waals surface area contributed by atoms with E-state index in [2.05, 4.69) is 5.32 Å². The second kappa shape index (κ2) is 11.6. The molecule has 0 radical (unpaired) electrons. The third kappa shape index (κ3) is 6.45. The molecule has 1 amide bonds. The molecule has 3 aromatic carbocycles. The van der Waals surface area contributed by atoms with Crippen LogP contribution in [0.25, 0.3) is 0 Å². The van der Waals surface area contributed by atoms with Crippen LogP contribution in [0.4, 0.5) is 5.69 Å². The van der Waals surface area contributed by atoms with E-state index >= 15 is 0 Å². The highest BCUT2D eigenvalue weighted by molar-refractivity contribution is 7.92. The molecule has 3 rings (SSSR count). The number of hydrogen-bond acceptors (Lipinski definition) is 6. The Kier molecular flexibility index (Phi) is 8.59. The first kappa shape index (κ1) is 25.9. The van der Waals surface area contributed by atoms with Crippen LogP contribution in [-0.2, 0) is 14.8 Å². The number of hydrogen-bond donors (Lipinski definition) is 1. The minimum Gasteiger partial charge on any atom is -0.493 e. The van der Waals surface area contributed by atoms with Gasteiger partial charge in [-0.2, -0.15) is 0 Å². The highest BCUT2D eigenvalue weighted by Gasteiger charge is 2.28. The molecule has 3 aromatic rings. The molecule has 35 heavy (non-hydrogen) atoms. The molecule has 0 atom stereocenters. The highest BCUT2D eigenvalue weighted by Crippen LogP contribution is 2.33. The average Bonchev–Trinajstić information content (AvgIpc) is 2.87. The lowest BCUT2D eigenvalue weighted by atomic mass is 10.1. The van der Waals surface area contributed by atoms with Crippen molar-refractivity contribution in [1.29, 1.82) is 0 Å². The van der Waals surface area contributed by atoms with E-state index in [1.807, 2.05) is 32.0 Å². The minimum atomic E-state index is -4.03. The van der Waals surface area contributed by atoms with Crippen molar-refractivity contribution >= 4 is 21.6 Å². The molecule has 186 valence electrons. The highest BCUT2D eigenvalue weighted by atomic mass is 32.2. The van der Waals surface area contributed by atoms with Gasteiger partial charge in [-0.05, 0) is 61.4 Å². The van der Waals surface area contributed by atoms with Gasteiger partial charge in [0.1, 0.15) is 18.9 Å². The van der Waals surface area contributed by atoms with Gasteiger partial charge < -0.3 is 19.5 Å². The first-order chi connectivity index (χ1) is 16.8. The summed E-state index contributed by atoms with van der Waals surface area (Å²) in [7, 11) is -1.08. The largest absolute Gasteiger partial charge is 0.493 e. The summed E-state index contributed by atoms with van der Waals surface area (Å²) in [6.45, 7) is 4.07. The molecule has 8 nitrogen and oxygen atoms in total. The maximum absolute atomic E-state index is 13.4. The Morgan fingerprint density at radius 3 is 2.26 bits per heavy atom. The van der Waals surface area contributed by atoms with Crippen molar-refractivity contribution in [2.75, 3.05) is 38.2 Å². The van der Waals surface area contributed by atoms with Crippen LogP contribution >= 0.6 is 0 Å². The fourth-order valence-corrected chi connectivity index (χ4v) is 4.80. The molecule has 0 saturated carbocycles. The summed E-state index contributed by atoms with van der Waals surface area (Å²) in [5.74, 6) is 1.03. The lowest BCUT2D eigenvalue weighted by Crippen LogP contribution is -2.41. The Balaban J connectivity index is 1.75. The third-order valence-electron chi connectivity index (χ3n) is 5.44. The van der Waals surface area contributed by atoms with Crippen molar-refractivity contribution < 1.29 is 27.4 Å². The molecule has 0 unspecified atom stereocenters. The van der Waals surface area contributed by atoms with Crippen LogP contribution in [0.3, 0.4) is 0 Å². The summed E-state index contributed by atoms with van der Waals surface area (Å²) >= 11 is 0. The number of methoxy groups -OCH3 is 2. The second-order valence-corrected chi connectivity index (χ2v) is 9.67. The van der Waals surface area contributed by atoms with Crippen molar-refractivity contribution in [2.45, 2.75) is 18.7 Å². The van der Waals surface area contributed by atoms with E-state index in [-0.39, 0.29) is 23.7 Å². The van der Waals surface area contributed by atoms with Crippen molar-refractivity contribution in [1.82, 2.24) is 5.32 Å². The summed E-state index contributed by atoms with van der Waals surface area (Å²) in [6, 6.07) is 18.4. The first-order valence-electron chi connectivity index (χ1n) is 11.0. The molecule has 0 aliphatic carbocycles. The molecule has 0 aliphatic rings. The smallest absolute Gasteiger partial charge is 0.264 e. The molecule has 0 spiro atoms. The van der Waals surface area contributed by atoms with Crippen LogP contribution in [-0.4, -0.2) is 48.2 Å². The lowest BCUT2D eigenvalue weighted by Gasteiger charge is -2.25. The van der Waals surface area contributed by atoms with Crippen molar-refractivity contribution in [3.8, 4) is 17.2 Å². The van der Waals surface area contributed by atoms with Gasteiger partial charge in [0.05, 0.1) is 31.3 Å². The number of aryl methyl sites for hydroxylation is 2. The third-order valence-corrected chi connectivity index (χ3v) is 7.23. The second-order valence-electron chi connectivity index (χ2n) is 7.81. The molecule has 0 fully saturated rings. The topological polar surface area (TPSA) is 94.2 Å². The van der Waals surface area contributed by atoms with Gasteiger partial charge in [0.15, 0.2) is 11.5 Å². The summed E-state index contributed by atoms with van der Waals surface area (Å²) in [4.78, 5) is 12.8. The van der Waals surface area contributed by atoms with Gasteiger partial charge in [-0.25, -0.2) is 8.42 Å². The maximum Gasteiger partial charge on any atom is 0.264 e. The predicted octanol–water partition coefficient (Wildman–Crippen LogP) is 3.71. The van der Waals surface area contributed by atoms with Gasteiger partial charge in [0.25, 0.3) is 10.0 Å². The monoisotopic (exact) mass is 498 g/mol. The molecular weight excluding hydrogens is 468 g/mol. The number of amides is 1. The minimum absolute atomic E-state index is 0.0701. The van der Waals surface area contributed by atoms with Gasteiger partial charge in [-0.3, -0.25) is 9.10 Å². The summed E-state index contributed by atoms with van der Waals surface area (Å²) in [5, 5.41) is 2.73. The number of carbonyl (C=O) groups excluding carboxylic acids is 1. The molecule has 0 saturated heterocycles. The fraction of sp³-hybridized carbons (Fsp3) is 0.269. The summed E-state index contributed by atoms with van der Waals surface area (Å²) in [6.07, 6.45) is 0. The molecule has 0 bridgehead atoms. The van der Waals surface area contributed by atoms with Gasteiger partial charge in [-0.15, -0.1) is 0 Å². The zero-order valence-corrected chi connectivity index (χ0v) is 21.1. The SMILES string of the molecule is COc1ccc(N(CC(=O)NCCOc2ccc(C)c(C)c2)S(=O)(=O)c2ccccc2)cc1OC. The van der Waals surface area contributed by atoms with Crippen molar-refractivity contribution in [2.24, 2.45) is 0 Å². The van der Waals surface area contributed by atoms with Gasteiger partial charge >= 0.3 is 0 Å². The molecule has 0 heterocycles. The molecule has 0 aromatic heterocycles. The van der Waals surface area contributed by atoms with E-state index in [0.717, 1.165) is 9.87 Å². The number of sulfonamides is 1. The zero-order valence-electron chi connectivity index (χ0n) is 20.3. The van der Waals surface area contributed by atoms with Gasteiger partial charge in [0, 0.05) is 6.07 Å². The average molecular weight is 499 g/mol. The molecule has 9 heteroatoms. The first-order valence-corrected chi connectivity index (χ1v) is 12.5. The van der Waals surface area contributed by atoms with E-state index in [0.29, 0.717) is 17.2 Å². The van der Waals surface area contributed by atoms with Crippen LogP contribution in [0.5, 0.6) is 17.2 Å². The number of benzene rings is 3. The normalized spacial score (nSPS) is 11.0.